The number of piperazine rings is 1. The Hall–Kier alpha value is -3.28. The van der Waals surface area contributed by atoms with Crippen LogP contribution in [0.5, 0.6) is 0 Å². The van der Waals surface area contributed by atoms with E-state index in [1.54, 1.807) is 35.9 Å². The van der Waals surface area contributed by atoms with Gasteiger partial charge < -0.3 is 26.6 Å². The summed E-state index contributed by atoms with van der Waals surface area (Å²) >= 11 is 0. The topological polar surface area (TPSA) is 152 Å². The third-order valence-corrected chi connectivity index (χ3v) is 6.73. The number of hydrogen-bond acceptors (Lipinski definition) is 7. The average Bonchev–Trinajstić information content (AvgIpc) is 3.27. The first-order chi connectivity index (χ1) is 17.1. The molecule has 2 fully saturated rings. The minimum absolute atomic E-state index is 0.143. The van der Waals surface area contributed by atoms with Crippen LogP contribution < -0.4 is 27.8 Å². The molecule has 11 heteroatoms. The fourth-order valence-electron chi connectivity index (χ4n) is 4.62. The number of nitrogens with zero attached hydrogens (tertiary/aromatic N) is 4. The fourth-order valence-corrected chi connectivity index (χ4v) is 4.62. The van der Waals surface area contributed by atoms with Crippen molar-refractivity contribution in [1.29, 1.82) is 0 Å². The number of nitrogens with two attached hydrogens (primary N) is 2. The monoisotopic (exact) mass is 496 g/mol. The van der Waals surface area contributed by atoms with Crippen LogP contribution in [0.4, 0.5) is 10.6 Å². The summed E-state index contributed by atoms with van der Waals surface area (Å²) in [7, 11) is 0. The van der Waals surface area contributed by atoms with Crippen molar-refractivity contribution in [2.75, 3.05) is 31.5 Å². The van der Waals surface area contributed by atoms with Crippen LogP contribution in [0.3, 0.4) is 0 Å². The lowest BCUT2D eigenvalue weighted by atomic mass is 10.1. The first-order valence-electron chi connectivity index (χ1n) is 12.4. The second-order valence-electron chi connectivity index (χ2n) is 10.2. The first kappa shape index (κ1) is 25.8. The predicted molar refractivity (Wildman–Crippen MR) is 138 cm³/mol. The van der Waals surface area contributed by atoms with Gasteiger partial charge in [0, 0.05) is 51.0 Å². The normalized spacial score (nSPS) is 20.4. The molecule has 194 valence electrons. The number of hydrogen-bond donors (Lipinski definition) is 4. The zero-order chi connectivity index (χ0) is 25.9. The van der Waals surface area contributed by atoms with Gasteiger partial charge in [0.1, 0.15) is 5.82 Å². The van der Waals surface area contributed by atoms with Crippen LogP contribution in [0.15, 0.2) is 41.3 Å². The van der Waals surface area contributed by atoms with Crippen molar-refractivity contribution in [3.05, 3.63) is 52.6 Å². The van der Waals surface area contributed by atoms with Crippen molar-refractivity contribution in [3.63, 3.8) is 0 Å². The van der Waals surface area contributed by atoms with Gasteiger partial charge in [-0.05, 0) is 56.9 Å². The molecule has 11 nitrogen and oxygen atoms in total. The second kappa shape index (κ2) is 10.8. The molecule has 2 aliphatic rings. The molecular weight excluding hydrogens is 460 g/mol. The molecule has 3 amide bonds. The van der Waals surface area contributed by atoms with Gasteiger partial charge in [0.05, 0.1) is 11.2 Å². The van der Waals surface area contributed by atoms with Gasteiger partial charge in [0.15, 0.2) is 0 Å². The number of urea groups is 1. The summed E-state index contributed by atoms with van der Waals surface area (Å²) < 4.78 is 1.43. The van der Waals surface area contributed by atoms with Gasteiger partial charge in [-0.1, -0.05) is 12.1 Å². The van der Waals surface area contributed by atoms with E-state index in [1.165, 1.54) is 4.57 Å². The first-order valence-corrected chi connectivity index (χ1v) is 12.4. The van der Waals surface area contributed by atoms with Crippen LogP contribution in [-0.4, -0.2) is 75.1 Å². The Morgan fingerprint density at radius 1 is 1.06 bits per heavy atom. The highest BCUT2D eigenvalue weighted by Gasteiger charge is 2.31. The Morgan fingerprint density at radius 3 is 2.31 bits per heavy atom. The Kier molecular flexibility index (Phi) is 7.72. The lowest BCUT2D eigenvalue weighted by molar-refractivity contribution is -0.137. The number of carbonyl (C=O) groups excluding carboxylic acids is 2. The standard InChI is InChI=1S/C25H36N8O3/c1-25(2,27)22(34)31-11-13-32(14-12-31)23(35)29-21-9-10-33(24(36)30-21)20-7-3-17(4-8-20)16-28-19-6-5-18(26)15-19/h3-4,7-10,18-19,28H,5-6,11-16,26-27H2,1-2H3,(H,29,30,35,36)/t18-,19-/m0/s1. The van der Waals surface area contributed by atoms with E-state index in [9.17, 15) is 14.4 Å². The zero-order valence-corrected chi connectivity index (χ0v) is 20.9. The molecular formula is C25H36N8O3. The number of aromatic nitrogens is 2. The van der Waals surface area contributed by atoms with Gasteiger partial charge in [-0.25, -0.2) is 9.59 Å². The number of rotatable bonds is 6. The largest absolute Gasteiger partial charge is 0.354 e. The van der Waals surface area contributed by atoms with E-state index in [4.69, 9.17) is 11.5 Å². The highest BCUT2D eigenvalue weighted by molar-refractivity contribution is 5.89. The third kappa shape index (κ3) is 6.28. The molecule has 2 heterocycles. The number of nitrogens with one attached hydrogen (secondary N) is 2. The van der Waals surface area contributed by atoms with E-state index >= 15 is 0 Å². The van der Waals surface area contributed by atoms with E-state index in [0.29, 0.717) is 44.0 Å². The minimum Gasteiger partial charge on any atom is -0.338 e. The molecule has 4 rings (SSSR count). The van der Waals surface area contributed by atoms with Crippen molar-refractivity contribution < 1.29 is 9.59 Å². The molecule has 1 saturated heterocycles. The van der Waals surface area contributed by atoms with Gasteiger partial charge in [0.2, 0.25) is 5.91 Å². The zero-order valence-electron chi connectivity index (χ0n) is 20.9. The van der Waals surface area contributed by atoms with Crippen molar-refractivity contribution in [3.8, 4) is 5.69 Å². The molecule has 0 unspecified atom stereocenters. The van der Waals surface area contributed by atoms with Crippen LogP contribution >= 0.6 is 0 Å². The Balaban J connectivity index is 1.31. The SMILES string of the molecule is CC(C)(N)C(=O)N1CCN(C(=O)Nc2ccn(-c3ccc(CN[C@H]4CC[C@H](N)C4)cc3)c(=O)n2)CC1. The molecule has 0 radical (unpaired) electrons. The number of anilines is 1. The lowest BCUT2D eigenvalue weighted by Crippen LogP contribution is -2.58. The Morgan fingerprint density at radius 2 is 1.72 bits per heavy atom. The van der Waals surface area contributed by atoms with Gasteiger partial charge >= 0.3 is 11.7 Å². The summed E-state index contributed by atoms with van der Waals surface area (Å²) in [6.07, 6.45) is 4.77. The molecule has 1 aromatic carbocycles. The summed E-state index contributed by atoms with van der Waals surface area (Å²) in [6.45, 7) is 5.65. The molecule has 36 heavy (non-hydrogen) atoms. The lowest BCUT2D eigenvalue weighted by Gasteiger charge is -2.37. The number of carbonyl (C=O) groups is 2. The molecule has 2 atom stereocenters. The molecule has 1 aliphatic carbocycles. The summed E-state index contributed by atoms with van der Waals surface area (Å²) in [4.78, 5) is 44.9. The molecule has 1 aromatic heterocycles. The van der Waals surface area contributed by atoms with Crippen molar-refractivity contribution in [2.45, 2.75) is 57.3 Å². The van der Waals surface area contributed by atoms with E-state index in [-0.39, 0.29) is 17.8 Å². The van der Waals surface area contributed by atoms with Gasteiger partial charge in [-0.3, -0.25) is 14.7 Å². The van der Waals surface area contributed by atoms with Gasteiger partial charge in [-0.2, -0.15) is 4.98 Å². The van der Waals surface area contributed by atoms with Crippen LogP contribution in [0.2, 0.25) is 0 Å². The second-order valence-corrected chi connectivity index (χ2v) is 10.2. The maximum Gasteiger partial charge on any atom is 0.354 e. The summed E-state index contributed by atoms with van der Waals surface area (Å²) in [5.41, 5.74) is 12.3. The molecule has 1 saturated carbocycles. The fraction of sp³-hybridized carbons (Fsp3) is 0.520. The summed E-state index contributed by atoms with van der Waals surface area (Å²) in [5, 5.41) is 6.21. The molecule has 0 spiro atoms. The van der Waals surface area contributed by atoms with Crippen molar-refractivity contribution >= 4 is 17.8 Å². The quantitative estimate of drug-likeness (QED) is 0.457. The molecule has 2 aromatic rings. The maximum absolute atomic E-state index is 12.6. The van der Waals surface area contributed by atoms with Crippen molar-refractivity contribution in [1.82, 2.24) is 24.7 Å². The maximum atomic E-state index is 12.6. The van der Waals surface area contributed by atoms with Crippen LogP contribution in [0, 0.1) is 0 Å². The highest BCUT2D eigenvalue weighted by atomic mass is 16.2. The molecule has 1 aliphatic heterocycles. The van der Waals surface area contributed by atoms with E-state index in [0.717, 1.165) is 31.4 Å². The van der Waals surface area contributed by atoms with E-state index < -0.39 is 11.2 Å². The van der Waals surface area contributed by atoms with Gasteiger partial charge in [0.25, 0.3) is 0 Å². The Bertz CT molecular complexity index is 1130. The van der Waals surface area contributed by atoms with E-state index in [2.05, 4.69) is 15.6 Å². The van der Waals surface area contributed by atoms with Crippen LogP contribution in [-0.2, 0) is 11.3 Å². The third-order valence-electron chi connectivity index (χ3n) is 6.73. The minimum atomic E-state index is -0.945. The Labute approximate surface area is 210 Å². The van der Waals surface area contributed by atoms with Gasteiger partial charge in [-0.15, -0.1) is 0 Å². The average molecular weight is 497 g/mol. The summed E-state index contributed by atoms with van der Waals surface area (Å²) in [5.74, 6) is 0.0362. The van der Waals surface area contributed by atoms with E-state index in [1.807, 2.05) is 24.3 Å². The number of benzene rings is 1. The predicted octanol–water partition coefficient (Wildman–Crippen LogP) is 0.615. The highest BCUT2D eigenvalue weighted by Crippen LogP contribution is 2.18. The smallest absolute Gasteiger partial charge is 0.338 e. The van der Waals surface area contributed by atoms with Crippen LogP contribution in [0.25, 0.3) is 5.69 Å². The molecule has 6 N–H and O–H groups in total. The number of amides is 3. The summed E-state index contributed by atoms with van der Waals surface area (Å²) in [6, 6.07) is 9.70. The molecule has 0 bridgehead atoms. The van der Waals surface area contributed by atoms with Crippen molar-refractivity contribution in [2.24, 2.45) is 11.5 Å². The van der Waals surface area contributed by atoms with Crippen LogP contribution in [0.1, 0.15) is 38.7 Å².